The molecule has 5 heteroatoms. The van der Waals surface area contributed by atoms with E-state index in [2.05, 4.69) is 43.7 Å². The van der Waals surface area contributed by atoms with E-state index in [9.17, 15) is 9.90 Å². The second kappa shape index (κ2) is 13.6. The van der Waals surface area contributed by atoms with Crippen LogP contribution in [0.5, 0.6) is 0 Å². The summed E-state index contributed by atoms with van der Waals surface area (Å²) < 4.78 is 2.23. The molecule has 34 heavy (non-hydrogen) atoms. The molecular weight excluding hydrogens is 424 g/mol. The molecule has 2 heterocycles. The molecule has 1 aliphatic rings. The Bertz CT molecular complexity index is 1060. The number of aliphatic hydroxyl groups is 2. The van der Waals surface area contributed by atoms with Gasteiger partial charge in [-0.05, 0) is 56.4 Å². The lowest BCUT2D eigenvalue weighted by Crippen LogP contribution is -2.35. The Morgan fingerprint density at radius 3 is 2.62 bits per heavy atom. The molecule has 3 rings (SSSR count). The smallest absolute Gasteiger partial charge is 0.222 e. The van der Waals surface area contributed by atoms with Crippen molar-refractivity contribution in [2.24, 2.45) is 0 Å². The first-order chi connectivity index (χ1) is 16.3. The number of aromatic nitrogens is 1. The fraction of sp³-hybridized carbons (Fsp3) is 0.414. The zero-order valence-corrected chi connectivity index (χ0v) is 21.0. The Balaban J connectivity index is 0.000000340. The highest BCUT2D eigenvalue weighted by atomic mass is 16.3. The highest BCUT2D eigenvalue weighted by molar-refractivity contribution is 5.85. The summed E-state index contributed by atoms with van der Waals surface area (Å²) in [6.45, 7) is 16.3. The number of amides is 1. The molecule has 0 saturated carbocycles. The minimum atomic E-state index is 0.0156. The van der Waals surface area contributed by atoms with Gasteiger partial charge in [0.2, 0.25) is 5.91 Å². The number of aryl methyl sites for hydroxylation is 1. The summed E-state index contributed by atoms with van der Waals surface area (Å²) in [5.74, 6) is 0.523. The predicted octanol–water partition coefficient (Wildman–Crippen LogP) is 6.02. The first-order valence-electron chi connectivity index (χ1n) is 12.1. The van der Waals surface area contributed by atoms with Crippen LogP contribution in [0.3, 0.4) is 0 Å². The van der Waals surface area contributed by atoms with Gasteiger partial charge in [-0.2, -0.15) is 0 Å². The van der Waals surface area contributed by atoms with Gasteiger partial charge in [-0.1, -0.05) is 56.0 Å². The number of allylic oxidation sites excluding steroid dienone is 5. The summed E-state index contributed by atoms with van der Waals surface area (Å²) in [6.07, 6.45) is 10.3. The molecule has 2 N–H and O–H groups in total. The number of hydrogen-bond donors (Lipinski definition) is 2. The minimum Gasteiger partial charge on any atom is -0.513 e. The van der Waals surface area contributed by atoms with E-state index in [0.717, 1.165) is 65.7 Å². The number of carbonyl (C=O) groups is 1. The molecule has 184 valence electrons. The van der Waals surface area contributed by atoms with Crippen LogP contribution >= 0.6 is 0 Å². The molecule has 5 nitrogen and oxygen atoms in total. The summed E-state index contributed by atoms with van der Waals surface area (Å²) >= 11 is 0. The van der Waals surface area contributed by atoms with E-state index in [-0.39, 0.29) is 12.4 Å². The molecule has 1 aromatic carbocycles. The Morgan fingerprint density at radius 1 is 1.24 bits per heavy atom. The van der Waals surface area contributed by atoms with Gasteiger partial charge in [-0.3, -0.25) is 4.79 Å². The highest BCUT2D eigenvalue weighted by Crippen LogP contribution is 2.26. The van der Waals surface area contributed by atoms with Crippen LogP contribution in [0.4, 0.5) is 0 Å². The van der Waals surface area contributed by atoms with Gasteiger partial charge in [-0.15, -0.1) is 0 Å². The normalized spacial score (nSPS) is 14.4. The van der Waals surface area contributed by atoms with Crippen LogP contribution in [-0.2, 0) is 17.8 Å². The number of hydrogen-bond acceptors (Lipinski definition) is 3. The highest BCUT2D eigenvalue weighted by Gasteiger charge is 2.16. The number of aliphatic hydroxyl groups excluding tert-OH is 2. The largest absolute Gasteiger partial charge is 0.513 e. The van der Waals surface area contributed by atoms with Crippen molar-refractivity contribution in [2.45, 2.75) is 59.4 Å². The van der Waals surface area contributed by atoms with Gasteiger partial charge >= 0.3 is 0 Å². The third-order valence-corrected chi connectivity index (χ3v) is 5.76. The maximum absolute atomic E-state index is 11.1. The third kappa shape index (κ3) is 8.07. The Morgan fingerprint density at radius 2 is 2.00 bits per heavy atom. The van der Waals surface area contributed by atoms with E-state index in [4.69, 9.17) is 5.11 Å². The number of fused-ring (bicyclic) bond motifs is 1. The molecule has 1 saturated heterocycles. The molecule has 0 bridgehead atoms. The number of piperidine rings is 1. The molecular formula is C29H40N2O3. The van der Waals surface area contributed by atoms with Gasteiger partial charge in [0, 0.05) is 49.1 Å². The monoisotopic (exact) mass is 464 g/mol. The van der Waals surface area contributed by atoms with Crippen LogP contribution in [0.1, 0.15) is 50.8 Å². The molecule has 1 aliphatic heterocycles. The van der Waals surface area contributed by atoms with Crippen molar-refractivity contribution >= 4 is 16.8 Å². The summed E-state index contributed by atoms with van der Waals surface area (Å²) in [4.78, 5) is 13.1. The fourth-order valence-corrected chi connectivity index (χ4v) is 4.28. The minimum absolute atomic E-state index is 0.0156. The van der Waals surface area contributed by atoms with Crippen molar-refractivity contribution in [1.29, 1.82) is 0 Å². The first-order valence-corrected chi connectivity index (χ1v) is 12.1. The average molecular weight is 465 g/mol. The molecule has 0 unspecified atom stereocenters. The SMILES string of the molecule is C=C(C)/C=C(\C=C/CO)Cn1c(C)cc2c(CC(=C)O)cccc21.CCCN1CCCCC1=O. The zero-order chi connectivity index (χ0) is 25.1. The Labute approximate surface area is 204 Å². The Hall–Kier alpha value is -3.05. The van der Waals surface area contributed by atoms with E-state index >= 15 is 0 Å². The van der Waals surface area contributed by atoms with Gasteiger partial charge < -0.3 is 19.7 Å². The van der Waals surface area contributed by atoms with E-state index in [1.165, 1.54) is 6.42 Å². The van der Waals surface area contributed by atoms with E-state index in [1.54, 1.807) is 6.08 Å². The van der Waals surface area contributed by atoms with Crippen LogP contribution in [0.15, 0.2) is 72.6 Å². The van der Waals surface area contributed by atoms with Crippen molar-refractivity contribution in [3.8, 4) is 0 Å². The van der Waals surface area contributed by atoms with E-state index < -0.39 is 0 Å². The molecule has 0 radical (unpaired) electrons. The maximum atomic E-state index is 11.1. The van der Waals surface area contributed by atoms with Gasteiger partial charge in [0.25, 0.3) is 0 Å². The number of likely N-dealkylation sites (tertiary alicyclic amines) is 1. The second-order valence-electron chi connectivity index (χ2n) is 8.95. The van der Waals surface area contributed by atoms with Crippen LogP contribution < -0.4 is 0 Å². The van der Waals surface area contributed by atoms with Crippen molar-refractivity contribution in [3.05, 3.63) is 83.8 Å². The van der Waals surface area contributed by atoms with E-state index in [1.807, 2.05) is 36.1 Å². The quantitative estimate of drug-likeness (QED) is 0.352. The number of carbonyl (C=O) groups excluding carboxylic acids is 1. The average Bonchev–Trinajstić information content (AvgIpc) is 3.10. The van der Waals surface area contributed by atoms with Crippen LogP contribution in [0, 0.1) is 6.92 Å². The van der Waals surface area contributed by atoms with Crippen LogP contribution in [0.2, 0.25) is 0 Å². The van der Waals surface area contributed by atoms with E-state index in [0.29, 0.717) is 18.9 Å². The summed E-state index contributed by atoms with van der Waals surface area (Å²) in [5, 5.41) is 19.7. The predicted molar refractivity (Wildman–Crippen MR) is 142 cm³/mol. The topological polar surface area (TPSA) is 65.7 Å². The van der Waals surface area contributed by atoms with Crippen LogP contribution in [-0.4, -0.2) is 45.3 Å². The number of nitrogens with zero attached hydrogens (tertiary/aromatic N) is 2. The van der Waals surface area contributed by atoms with Crippen molar-refractivity contribution < 1.29 is 15.0 Å². The first kappa shape index (κ1) is 27.2. The molecule has 0 atom stereocenters. The third-order valence-electron chi connectivity index (χ3n) is 5.76. The van der Waals surface area contributed by atoms with Crippen LogP contribution in [0.25, 0.3) is 10.9 Å². The molecule has 1 fully saturated rings. The van der Waals surface area contributed by atoms with Gasteiger partial charge in [0.15, 0.2) is 0 Å². The number of benzene rings is 1. The second-order valence-corrected chi connectivity index (χ2v) is 8.95. The lowest BCUT2D eigenvalue weighted by Gasteiger charge is -2.25. The zero-order valence-electron chi connectivity index (χ0n) is 21.0. The summed E-state index contributed by atoms with van der Waals surface area (Å²) in [7, 11) is 0. The number of rotatable bonds is 9. The van der Waals surface area contributed by atoms with Gasteiger partial charge in [0.05, 0.1) is 12.4 Å². The Kier molecular flexibility index (Phi) is 10.9. The summed E-state index contributed by atoms with van der Waals surface area (Å²) in [5.41, 5.74) is 5.38. The maximum Gasteiger partial charge on any atom is 0.222 e. The molecule has 2 aromatic rings. The van der Waals surface area contributed by atoms with Gasteiger partial charge in [-0.25, -0.2) is 0 Å². The molecule has 0 spiro atoms. The lowest BCUT2D eigenvalue weighted by atomic mass is 10.1. The van der Waals surface area contributed by atoms with Crippen molar-refractivity contribution in [3.63, 3.8) is 0 Å². The lowest BCUT2D eigenvalue weighted by molar-refractivity contribution is -0.133. The summed E-state index contributed by atoms with van der Waals surface area (Å²) in [6, 6.07) is 8.24. The molecule has 0 aliphatic carbocycles. The van der Waals surface area contributed by atoms with Crippen molar-refractivity contribution in [2.75, 3.05) is 19.7 Å². The van der Waals surface area contributed by atoms with Crippen molar-refractivity contribution in [1.82, 2.24) is 9.47 Å². The molecule has 1 aromatic heterocycles. The standard InChI is InChI=1S/C21H25NO2.C8H15NO/c1-15(2)11-18(7-6-10-23)14-22-16(3)12-20-19(13-17(4)24)8-5-9-21(20)22;1-2-6-9-7-4-3-5-8(9)10/h5-9,11-12,23-24H,1,4,10,13-14H2,2-3H3;2-7H2,1H3/b7-6-,18-11+;. The molecule has 1 amide bonds. The van der Waals surface area contributed by atoms with Gasteiger partial charge in [0.1, 0.15) is 0 Å². The fourth-order valence-electron chi connectivity index (χ4n) is 4.28.